The zero-order valence-electron chi connectivity index (χ0n) is 15.9. The van der Waals surface area contributed by atoms with E-state index < -0.39 is 11.7 Å². The highest BCUT2D eigenvalue weighted by atomic mass is 19.4. The van der Waals surface area contributed by atoms with E-state index in [0.29, 0.717) is 16.9 Å². The molecular formula is C19H24F3N5O. The summed E-state index contributed by atoms with van der Waals surface area (Å²) in [6.45, 7) is 3.70. The van der Waals surface area contributed by atoms with Crippen molar-refractivity contribution >= 4 is 17.2 Å². The van der Waals surface area contributed by atoms with E-state index in [1.54, 1.807) is 31.4 Å². The summed E-state index contributed by atoms with van der Waals surface area (Å²) in [7, 11) is 1.57. The molecule has 2 aromatic carbocycles. The average Bonchev–Trinajstić information content (AvgIpc) is 2.66. The number of alkyl halides is 3. The van der Waals surface area contributed by atoms with E-state index in [0.717, 1.165) is 12.1 Å². The second-order valence-electron chi connectivity index (χ2n) is 6.29. The van der Waals surface area contributed by atoms with Gasteiger partial charge >= 0.3 is 6.18 Å². The third kappa shape index (κ3) is 5.37. The zero-order valence-corrected chi connectivity index (χ0v) is 15.9. The molecule has 2 rings (SSSR count). The van der Waals surface area contributed by atoms with E-state index in [-0.39, 0.29) is 18.0 Å². The Bertz CT molecular complexity index is 808. The van der Waals surface area contributed by atoms with E-state index in [2.05, 4.69) is 10.4 Å². The Morgan fingerprint density at radius 2 is 1.71 bits per heavy atom. The minimum atomic E-state index is -4.38. The van der Waals surface area contributed by atoms with Crippen molar-refractivity contribution in [2.24, 2.45) is 16.7 Å². The highest BCUT2D eigenvalue weighted by Gasteiger charge is 2.30. The van der Waals surface area contributed by atoms with Crippen molar-refractivity contribution in [2.75, 3.05) is 12.4 Å². The molecule has 6 nitrogen and oxygen atoms in total. The quantitative estimate of drug-likeness (QED) is 0.288. The van der Waals surface area contributed by atoms with Crippen LogP contribution in [0.5, 0.6) is 0 Å². The van der Waals surface area contributed by atoms with E-state index in [9.17, 15) is 13.2 Å². The van der Waals surface area contributed by atoms with E-state index in [1.807, 2.05) is 13.8 Å². The van der Waals surface area contributed by atoms with Gasteiger partial charge in [0.1, 0.15) is 0 Å². The van der Waals surface area contributed by atoms with Gasteiger partial charge in [-0.05, 0) is 50.2 Å². The molecule has 0 spiro atoms. The lowest BCUT2D eigenvalue weighted by Gasteiger charge is -2.26. The smallest absolute Gasteiger partial charge is 0.382 e. The summed E-state index contributed by atoms with van der Waals surface area (Å²) >= 11 is 0. The molecule has 0 saturated heterocycles. The van der Waals surface area contributed by atoms with Gasteiger partial charge in [-0.15, -0.1) is 5.10 Å². The van der Waals surface area contributed by atoms with Gasteiger partial charge in [-0.1, -0.05) is 12.1 Å². The number of methoxy groups -OCH3 is 1. The van der Waals surface area contributed by atoms with Crippen molar-refractivity contribution in [1.29, 1.82) is 0 Å². The molecule has 0 aliphatic rings. The van der Waals surface area contributed by atoms with Crippen molar-refractivity contribution in [3.05, 3.63) is 59.7 Å². The summed E-state index contributed by atoms with van der Waals surface area (Å²) in [5, 5.41) is 8.48. The number of amidine groups is 1. The number of anilines is 2. The van der Waals surface area contributed by atoms with Crippen LogP contribution in [0.25, 0.3) is 0 Å². The lowest BCUT2D eigenvalue weighted by Crippen LogP contribution is -2.43. The number of nitrogens with two attached hydrogens (primary N) is 2. The molecule has 0 heterocycles. The molecule has 0 aliphatic heterocycles. The third-order valence-corrected chi connectivity index (χ3v) is 4.39. The largest absolute Gasteiger partial charge is 0.416 e. The van der Waals surface area contributed by atoms with Crippen LogP contribution in [0.3, 0.4) is 0 Å². The summed E-state index contributed by atoms with van der Waals surface area (Å²) in [4.78, 5) is 0. The molecule has 0 fully saturated rings. The second kappa shape index (κ2) is 8.94. The van der Waals surface area contributed by atoms with Crippen molar-refractivity contribution in [2.45, 2.75) is 32.2 Å². The number of halogens is 3. The van der Waals surface area contributed by atoms with E-state index in [4.69, 9.17) is 16.3 Å². The Balaban J connectivity index is 2.24. The molecular weight excluding hydrogens is 371 g/mol. The van der Waals surface area contributed by atoms with Gasteiger partial charge in [-0.2, -0.15) is 13.2 Å². The molecule has 2 aromatic rings. The van der Waals surface area contributed by atoms with Gasteiger partial charge < -0.3 is 15.8 Å². The summed E-state index contributed by atoms with van der Waals surface area (Å²) in [5.74, 6) is 6.11. The van der Waals surface area contributed by atoms with Gasteiger partial charge in [-0.3, -0.25) is 0 Å². The fourth-order valence-corrected chi connectivity index (χ4v) is 2.39. The van der Waals surface area contributed by atoms with Crippen molar-refractivity contribution < 1.29 is 17.9 Å². The van der Waals surface area contributed by atoms with Crippen molar-refractivity contribution in [1.82, 2.24) is 5.12 Å². The predicted octanol–water partition coefficient (Wildman–Crippen LogP) is 3.67. The highest BCUT2D eigenvalue weighted by Crippen LogP contribution is 2.30. The van der Waals surface area contributed by atoms with Gasteiger partial charge in [0.2, 0.25) is 0 Å². The molecule has 0 radical (unpaired) electrons. The lowest BCUT2D eigenvalue weighted by atomic mass is 10.1. The first-order valence-electron chi connectivity index (χ1n) is 8.58. The number of hydrogen-bond donors (Lipinski definition) is 3. The Kier molecular flexibility index (Phi) is 6.87. The first kappa shape index (κ1) is 21.5. The molecule has 0 saturated carbocycles. The van der Waals surface area contributed by atoms with Gasteiger partial charge in [0.05, 0.1) is 17.7 Å². The molecule has 2 atom stereocenters. The fourth-order valence-electron chi connectivity index (χ4n) is 2.39. The van der Waals surface area contributed by atoms with Gasteiger partial charge in [-0.25, -0.2) is 11.0 Å². The maximum Gasteiger partial charge on any atom is 0.416 e. The molecule has 152 valence electrons. The highest BCUT2D eigenvalue weighted by molar-refractivity contribution is 6.02. The van der Waals surface area contributed by atoms with Gasteiger partial charge in [0.25, 0.3) is 0 Å². The number of nitrogens with one attached hydrogen (secondary N) is 1. The third-order valence-electron chi connectivity index (χ3n) is 4.39. The maximum atomic E-state index is 12.7. The van der Waals surface area contributed by atoms with Crippen LogP contribution in [0.15, 0.2) is 53.6 Å². The van der Waals surface area contributed by atoms with Crippen LogP contribution in [0.2, 0.25) is 0 Å². The predicted molar refractivity (Wildman–Crippen MR) is 104 cm³/mol. The summed E-state index contributed by atoms with van der Waals surface area (Å²) in [5.41, 5.74) is 7.03. The lowest BCUT2D eigenvalue weighted by molar-refractivity contribution is -0.137. The number of benzene rings is 2. The molecule has 5 N–H and O–H groups in total. The second-order valence-corrected chi connectivity index (χ2v) is 6.29. The Hall–Kier alpha value is -2.78. The SMILES string of the molecule is COC(C)C(C)N(N)/N=C(\N)c1ccccc1Nc1ccc(C(F)(F)F)cc1. The maximum absolute atomic E-state index is 12.7. The number of ether oxygens (including phenoxy) is 1. The standard InChI is InChI=1S/C19H24F3N5O/c1-12(13(2)28-3)27(24)26-18(23)16-6-4-5-7-17(16)25-15-10-8-14(9-11-15)19(20,21)22/h4-13,25H,24H2,1-3H3,(H2,23,26). The van der Waals surface area contributed by atoms with Gasteiger partial charge in [0, 0.05) is 24.0 Å². The molecule has 0 bridgehead atoms. The first-order valence-corrected chi connectivity index (χ1v) is 8.58. The Morgan fingerprint density at radius 1 is 1.11 bits per heavy atom. The van der Waals surface area contributed by atoms with Crippen LogP contribution < -0.4 is 16.9 Å². The molecule has 28 heavy (non-hydrogen) atoms. The summed E-state index contributed by atoms with van der Waals surface area (Å²) in [6.07, 6.45) is -4.55. The van der Waals surface area contributed by atoms with Crippen LogP contribution in [-0.2, 0) is 10.9 Å². The van der Waals surface area contributed by atoms with Crippen molar-refractivity contribution in [3.63, 3.8) is 0 Å². The van der Waals surface area contributed by atoms with Crippen molar-refractivity contribution in [3.8, 4) is 0 Å². The van der Waals surface area contributed by atoms with Crippen LogP contribution in [0.4, 0.5) is 24.5 Å². The summed E-state index contributed by atoms with van der Waals surface area (Å²) < 4.78 is 43.4. The fraction of sp³-hybridized carbons (Fsp3) is 0.316. The zero-order chi connectivity index (χ0) is 20.9. The minimum absolute atomic E-state index is 0.160. The Morgan fingerprint density at radius 3 is 2.29 bits per heavy atom. The molecule has 0 amide bonds. The van der Waals surface area contributed by atoms with Gasteiger partial charge in [0.15, 0.2) is 5.84 Å². The van der Waals surface area contributed by atoms with Crippen LogP contribution in [0.1, 0.15) is 25.0 Å². The summed E-state index contributed by atoms with van der Waals surface area (Å²) in [6, 6.07) is 11.5. The molecule has 0 aromatic heterocycles. The number of para-hydroxylation sites is 1. The Labute approximate surface area is 161 Å². The first-order chi connectivity index (χ1) is 13.1. The molecule has 0 aliphatic carbocycles. The minimum Gasteiger partial charge on any atom is -0.382 e. The molecule has 2 unspecified atom stereocenters. The van der Waals surface area contributed by atoms with Crippen LogP contribution in [0, 0.1) is 0 Å². The number of hydrazone groups is 1. The van der Waals surface area contributed by atoms with Crippen LogP contribution >= 0.6 is 0 Å². The number of hydrazine groups is 1. The number of rotatable bonds is 7. The van der Waals surface area contributed by atoms with E-state index >= 15 is 0 Å². The number of hydrogen-bond acceptors (Lipinski definition) is 5. The average molecular weight is 395 g/mol. The topological polar surface area (TPSA) is 88.9 Å². The molecule has 9 heteroatoms. The van der Waals surface area contributed by atoms with E-state index in [1.165, 1.54) is 17.3 Å². The normalized spacial score (nSPS) is 14.5. The number of nitrogens with zero attached hydrogens (tertiary/aromatic N) is 2. The van der Waals surface area contributed by atoms with Crippen LogP contribution in [-0.4, -0.2) is 30.2 Å². The monoisotopic (exact) mass is 395 g/mol.